The van der Waals surface area contributed by atoms with Gasteiger partial charge in [0.05, 0.1) is 9.50 Å². The van der Waals surface area contributed by atoms with Crippen molar-refractivity contribution in [1.82, 2.24) is 5.32 Å². The fraction of sp³-hybridized carbons (Fsp3) is 0.455. The smallest absolute Gasteiger partial charge is 0.155 e. The van der Waals surface area contributed by atoms with Crippen molar-refractivity contribution in [2.24, 2.45) is 0 Å². The maximum absolute atomic E-state index is 13.3. The molecule has 4 heteroatoms. The number of rotatable bonds is 1. The zero-order chi connectivity index (χ0) is 10.8. The summed E-state index contributed by atoms with van der Waals surface area (Å²) in [6, 6.07) is 3.84. The summed E-state index contributed by atoms with van der Waals surface area (Å²) in [6.45, 7) is 1.03. The molecule has 1 N–H and O–H groups in total. The first-order valence-electron chi connectivity index (χ1n) is 5.06. The maximum atomic E-state index is 13.3. The predicted octanol–water partition coefficient (Wildman–Crippen LogP) is 4.06. The molecule has 1 heterocycles. The van der Waals surface area contributed by atoms with Gasteiger partial charge < -0.3 is 5.32 Å². The van der Waals surface area contributed by atoms with Gasteiger partial charge in [0.15, 0.2) is 5.82 Å². The highest BCUT2D eigenvalue weighted by Gasteiger charge is 2.17. The normalized spacial score (nSPS) is 21.7. The topological polar surface area (TPSA) is 12.0 Å². The molecule has 1 aromatic rings. The molecule has 0 bridgehead atoms. The minimum absolute atomic E-state index is 0.187. The second kappa shape index (κ2) is 4.81. The molecule has 1 atom stereocenters. The molecule has 0 aliphatic carbocycles. The average Bonchev–Trinajstić information content (AvgIpc) is 2.26. The first-order chi connectivity index (χ1) is 7.18. The molecule has 1 nitrogen and oxygen atoms in total. The Labute approximate surface area is 102 Å². The van der Waals surface area contributed by atoms with Gasteiger partial charge in [-0.15, -0.1) is 0 Å². The van der Waals surface area contributed by atoms with E-state index in [1.54, 1.807) is 6.07 Å². The van der Waals surface area contributed by atoms with Gasteiger partial charge in [0.25, 0.3) is 0 Å². The highest BCUT2D eigenvalue weighted by molar-refractivity contribution is 9.10. The Morgan fingerprint density at radius 2 is 2.20 bits per heavy atom. The summed E-state index contributed by atoms with van der Waals surface area (Å²) < 4.78 is 13.7. The number of hydrogen-bond acceptors (Lipinski definition) is 1. The SMILES string of the molecule is Fc1c(Cl)cc(C2CCCCN2)cc1Br. The van der Waals surface area contributed by atoms with Crippen LogP contribution in [0, 0.1) is 5.82 Å². The summed E-state index contributed by atoms with van der Waals surface area (Å²) in [5.41, 5.74) is 1.06. The Morgan fingerprint density at radius 1 is 1.40 bits per heavy atom. The Balaban J connectivity index is 2.27. The number of benzene rings is 1. The van der Waals surface area contributed by atoms with Crippen LogP contribution in [-0.2, 0) is 0 Å². The van der Waals surface area contributed by atoms with Gasteiger partial charge in [-0.25, -0.2) is 4.39 Å². The summed E-state index contributed by atoms with van der Waals surface area (Å²) in [6.07, 6.45) is 3.52. The zero-order valence-electron chi connectivity index (χ0n) is 8.19. The summed E-state index contributed by atoms with van der Waals surface area (Å²) in [7, 11) is 0. The monoisotopic (exact) mass is 291 g/mol. The lowest BCUT2D eigenvalue weighted by Gasteiger charge is -2.24. The van der Waals surface area contributed by atoms with E-state index in [-0.39, 0.29) is 10.8 Å². The van der Waals surface area contributed by atoms with Crippen molar-refractivity contribution in [2.45, 2.75) is 25.3 Å². The van der Waals surface area contributed by atoms with Crippen molar-refractivity contribution in [3.05, 3.63) is 33.0 Å². The number of piperidine rings is 1. The molecular weight excluding hydrogens is 280 g/mol. The molecule has 15 heavy (non-hydrogen) atoms. The van der Waals surface area contributed by atoms with Gasteiger partial charge >= 0.3 is 0 Å². The second-order valence-corrected chi connectivity index (χ2v) is 5.06. The van der Waals surface area contributed by atoms with Gasteiger partial charge in [-0.2, -0.15) is 0 Å². The number of nitrogens with one attached hydrogen (secondary N) is 1. The lowest BCUT2D eigenvalue weighted by atomic mass is 9.98. The fourth-order valence-corrected chi connectivity index (χ4v) is 2.73. The van der Waals surface area contributed by atoms with E-state index < -0.39 is 0 Å². The Morgan fingerprint density at radius 3 is 2.80 bits per heavy atom. The van der Waals surface area contributed by atoms with Crippen LogP contribution in [0.1, 0.15) is 30.9 Å². The van der Waals surface area contributed by atoms with Crippen LogP contribution in [0.5, 0.6) is 0 Å². The van der Waals surface area contributed by atoms with Gasteiger partial charge in [-0.1, -0.05) is 18.0 Å². The van der Waals surface area contributed by atoms with Crippen molar-refractivity contribution in [1.29, 1.82) is 0 Å². The van der Waals surface area contributed by atoms with Crippen LogP contribution >= 0.6 is 27.5 Å². The van der Waals surface area contributed by atoms with Gasteiger partial charge in [0, 0.05) is 6.04 Å². The summed E-state index contributed by atoms with van der Waals surface area (Å²) in [5, 5.41) is 3.59. The van der Waals surface area contributed by atoms with Crippen molar-refractivity contribution in [2.75, 3.05) is 6.54 Å². The number of hydrogen-bond donors (Lipinski definition) is 1. The molecule has 0 spiro atoms. The molecule has 82 valence electrons. The standard InChI is InChI=1S/C11H12BrClFN/c12-8-5-7(6-9(13)11(8)14)10-3-1-2-4-15-10/h5-6,10,15H,1-4H2. The minimum atomic E-state index is -0.378. The molecule has 1 unspecified atom stereocenters. The Kier molecular flexibility index (Phi) is 3.65. The van der Waals surface area contributed by atoms with Gasteiger partial charge in [-0.05, 0) is 53.0 Å². The van der Waals surface area contributed by atoms with Crippen molar-refractivity contribution >= 4 is 27.5 Å². The highest BCUT2D eigenvalue weighted by atomic mass is 79.9. The van der Waals surface area contributed by atoms with E-state index in [4.69, 9.17) is 11.6 Å². The van der Waals surface area contributed by atoms with E-state index in [0.29, 0.717) is 10.5 Å². The maximum Gasteiger partial charge on any atom is 0.155 e. The lowest BCUT2D eigenvalue weighted by Crippen LogP contribution is -2.26. The van der Waals surface area contributed by atoms with Crippen LogP contribution in [0.15, 0.2) is 16.6 Å². The van der Waals surface area contributed by atoms with Crippen LogP contribution in [0.25, 0.3) is 0 Å². The van der Waals surface area contributed by atoms with Crippen LogP contribution in [0.2, 0.25) is 5.02 Å². The Hall–Kier alpha value is -0.120. The first kappa shape index (κ1) is 11.4. The quantitative estimate of drug-likeness (QED) is 0.770. The molecule has 0 radical (unpaired) electrons. The average molecular weight is 293 g/mol. The van der Waals surface area contributed by atoms with Crippen molar-refractivity contribution in [3.8, 4) is 0 Å². The molecule has 1 aliphatic rings. The summed E-state index contributed by atoms with van der Waals surface area (Å²) in [5.74, 6) is -0.378. The van der Waals surface area contributed by atoms with E-state index in [1.165, 1.54) is 12.8 Å². The van der Waals surface area contributed by atoms with Gasteiger partial charge in [0.2, 0.25) is 0 Å². The van der Waals surface area contributed by atoms with Crippen LogP contribution in [0.3, 0.4) is 0 Å². The molecule has 0 aromatic heterocycles. The third-order valence-corrected chi connectivity index (χ3v) is 3.57. The third kappa shape index (κ3) is 2.52. The number of halogens is 3. The first-order valence-corrected chi connectivity index (χ1v) is 6.23. The minimum Gasteiger partial charge on any atom is -0.310 e. The molecule has 1 aromatic carbocycles. The predicted molar refractivity (Wildman–Crippen MR) is 63.7 cm³/mol. The molecular formula is C11H12BrClFN. The van der Waals surface area contributed by atoms with E-state index in [1.807, 2.05) is 6.07 Å². The van der Waals surface area contributed by atoms with Crippen molar-refractivity contribution in [3.63, 3.8) is 0 Å². The second-order valence-electron chi connectivity index (χ2n) is 3.80. The Bertz CT molecular complexity index is 341. The van der Waals surface area contributed by atoms with Crippen LogP contribution < -0.4 is 5.32 Å². The van der Waals surface area contributed by atoms with Crippen LogP contribution in [-0.4, -0.2) is 6.54 Å². The molecule has 0 saturated carbocycles. The van der Waals surface area contributed by atoms with E-state index in [2.05, 4.69) is 21.2 Å². The van der Waals surface area contributed by atoms with E-state index in [9.17, 15) is 4.39 Å². The molecule has 1 fully saturated rings. The third-order valence-electron chi connectivity index (χ3n) is 2.72. The van der Waals surface area contributed by atoms with Gasteiger partial charge in [-0.3, -0.25) is 0 Å². The largest absolute Gasteiger partial charge is 0.310 e. The van der Waals surface area contributed by atoms with Crippen molar-refractivity contribution < 1.29 is 4.39 Å². The summed E-state index contributed by atoms with van der Waals surface area (Å²) in [4.78, 5) is 0. The molecule has 1 saturated heterocycles. The zero-order valence-corrected chi connectivity index (χ0v) is 10.5. The molecule has 0 amide bonds. The summed E-state index contributed by atoms with van der Waals surface area (Å²) >= 11 is 8.98. The molecule has 1 aliphatic heterocycles. The van der Waals surface area contributed by atoms with Crippen LogP contribution in [0.4, 0.5) is 4.39 Å². The van der Waals surface area contributed by atoms with Gasteiger partial charge in [0.1, 0.15) is 0 Å². The van der Waals surface area contributed by atoms with E-state index in [0.717, 1.165) is 18.5 Å². The highest BCUT2D eigenvalue weighted by Crippen LogP contribution is 2.30. The molecule has 2 rings (SSSR count). The van der Waals surface area contributed by atoms with E-state index >= 15 is 0 Å². The lowest BCUT2D eigenvalue weighted by molar-refractivity contribution is 0.412. The fourth-order valence-electron chi connectivity index (χ4n) is 1.91.